The molecule has 1 unspecified atom stereocenters. The van der Waals surface area contributed by atoms with Gasteiger partial charge in [0.05, 0.1) is 5.41 Å². The summed E-state index contributed by atoms with van der Waals surface area (Å²) >= 11 is 0. The average molecular weight is 447 g/mol. The molecule has 0 fully saturated rings. The fraction of sp³-hybridized carbons (Fsp3) is 0.294. The molecule has 0 heteroatoms. The fourth-order valence-corrected chi connectivity index (χ4v) is 5.32. The highest BCUT2D eigenvalue weighted by Crippen LogP contribution is 2.57. The maximum Gasteiger partial charge on any atom is 0.0710 e. The van der Waals surface area contributed by atoms with Gasteiger partial charge >= 0.3 is 0 Å². The van der Waals surface area contributed by atoms with Crippen LogP contribution in [0.2, 0.25) is 0 Å². The van der Waals surface area contributed by atoms with Crippen molar-refractivity contribution in [3.05, 3.63) is 130 Å². The smallest absolute Gasteiger partial charge is 0.0710 e. The number of hydrogen-bond acceptors (Lipinski definition) is 0. The van der Waals surface area contributed by atoms with Crippen LogP contribution in [0.25, 0.3) is 11.1 Å². The molecule has 0 spiro atoms. The van der Waals surface area contributed by atoms with E-state index in [9.17, 15) is 0 Å². The summed E-state index contributed by atoms with van der Waals surface area (Å²) in [7, 11) is 0. The van der Waals surface area contributed by atoms with Gasteiger partial charge in [0.2, 0.25) is 0 Å². The molecule has 0 saturated heterocycles. The molecule has 0 saturated carbocycles. The molecule has 1 aliphatic rings. The molecule has 1 aliphatic carbocycles. The lowest BCUT2D eigenvalue weighted by atomic mass is 9.66. The van der Waals surface area contributed by atoms with Crippen LogP contribution in [0.1, 0.15) is 74.9 Å². The zero-order chi connectivity index (χ0) is 24.7. The summed E-state index contributed by atoms with van der Waals surface area (Å²) in [6.07, 6.45) is 7.75. The summed E-state index contributed by atoms with van der Waals surface area (Å²) in [5.74, 6) is 0. The predicted molar refractivity (Wildman–Crippen MR) is 149 cm³/mol. The maximum absolute atomic E-state index is 4.14. The van der Waals surface area contributed by atoms with Gasteiger partial charge in [0.25, 0.3) is 0 Å². The molecule has 0 N–H and O–H groups in total. The zero-order valence-corrected chi connectivity index (χ0v) is 21.9. The van der Waals surface area contributed by atoms with Gasteiger partial charge in [-0.25, -0.2) is 0 Å². The minimum Gasteiger partial charge on any atom is -0.0961 e. The second-order valence-electron chi connectivity index (χ2n) is 10.8. The van der Waals surface area contributed by atoms with Crippen molar-refractivity contribution in [3.63, 3.8) is 0 Å². The van der Waals surface area contributed by atoms with Crippen LogP contribution in [0.15, 0.2) is 96.6 Å². The van der Waals surface area contributed by atoms with E-state index in [2.05, 4.69) is 134 Å². The molecule has 34 heavy (non-hydrogen) atoms. The van der Waals surface area contributed by atoms with Crippen molar-refractivity contribution < 1.29 is 0 Å². The Morgan fingerprint density at radius 2 is 1.50 bits per heavy atom. The number of aryl methyl sites for hydroxylation is 2. The van der Waals surface area contributed by atoms with Crippen molar-refractivity contribution in [1.29, 1.82) is 0 Å². The lowest BCUT2D eigenvalue weighted by Crippen LogP contribution is -2.29. The normalized spacial score (nSPS) is 17.7. The Kier molecular flexibility index (Phi) is 6.30. The number of rotatable bonds is 5. The summed E-state index contributed by atoms with van der Waals surface area (Å²) in [6.45, 7) is 19.7. The Morgan fingerprint density at radius 3 is 2.06 bits per heavy atom. The van der Waals surface area contributed by atoms with Crippen LogP contribution in [-0.4, -0.2) is 0 Å². The molecule has 0 bridgehead atoms. The third kappa shape index (κ3) is 3.90. The topological polar surface area (TPSA) is 0 Å². The van der Waals surface area contributed by atoms with Crippen molar-refractivity contribution in [3.8, 4) is 11.1 Å². The Morgan fingerprint density at radius 1 is 0.882 bits per heavy atom. The molecule has 0 heterocycles. The molecule has 0 nitrogen and oxygen atoms in total. The van der Waals surface area contributed by atoms with E-state index in [1.54, 1.807) is 0 Å². The van der Waals surface area contributed by atoms with E-state index >= 15 is 0 Å². The lowest BCUT2D eigenvalue weighted by molar-refractivity contribution is 0.588. The molecule has 0 radical (unpaired) electrons. The van der Waals surface area contributed by atoms with Gasteiger partial charge < -0.3 is 0 Å². The van der Waals surface area contributed by atoms with Gasteiger partial charge in [-0.2, -0.15) is 0 Å². The highest BCUT2D eigenvalue weighted by molar-refractivity contribution is 5.87. The average Bonchev–Trinajstić information content (AvgIpc) is 3.09. The predicted octanol–water partition coefficient (Wildman–Crippen LogP) is 9.25. The van der Waals surface area contributed by atoms with Crippen LogP contribution in [0.5, 0.6) is 0 Å². The Labute approximate surface area is 206 Å². The van der Waals surface area contributed by atoms with Gasteiger partial charge in [-0.05, 0) is 77.1 Å². The molecule has 3 aromatic carbocycles. The molecule has 0 aromatic heterocycles. The summed E-state index contributed by atoms with van der Waals surface area (Å²) < 4.78 is 0. The molecule has 4 rings (SSSR count). The third-order valence-corrected chi connectivity index (χ3v) is 7.25. The fourth-order valence-electron chi connectivity index (χ4n) is 5.32. The van der Waals surface area contributed by atoms with Crippen LogP contribution < -0.4 is 0 Å². The summed E-state index contributed by atoms with van der Waals surface area (Å²) in [5.41, 5.74) is 12.8. The molecule has 3 aromatic rings. The van der Waals surface area contributed by atoms with E-state index < -0.39 is 0 Å². The summed E-state index contributed by atoms with van der Waals surface area (Å²) in [6, 6.07) is 23.4. The number of fused-ring (bicyclic) bond motifs is 3. The van der Waals surface area contributed by atoms with Crippen molar-refractivity contribution in [2.45, 2.75) is 65.7 Å². The number of hydrogen-bond donors (Lipinski definition) is 0. The van der Waals surface area contributed by atoms with Gasteiger partial charge in [-0.3, -0.25) is 0 Å². The van der Waals surface area contributed by atoms with Gasteiger partial charge in [0.1, 0.15) is 0 Å². The largest absolute Gasteiger partial charge is 0.0961 e. The van der Waals surface area contributed by atoms with Crippen LogP contribution >= 0.6 is 0 Å². The summed E-state index contributed by atoms with van der Waals surface area (Å²) in [5, 5.41) is 0. The van der Waals surface area contributed by atoms with Crippen LogP contribution in [-0.2, 0) is 17.3 Å². The minimum absolute atomic E-state index is 0.0705. The zero-order valence-electron chi connectivity index (χ0n) is 21.9. The Balaban J connectivity index is 2.19. The monoisotopic (exact) mass is 446 g/mol. The van der Waals surface area contributed by atoms with E-state index in [1.807, 2.05) is 0 Å². The second-order valence-corrected chi connectivity index (χ2v) is 10.8. The standard InChI is InChI=1S/C34H38/c1-9-25-14-19-29-30-20-18-28(33(6,7)8)22-32(30)34(31(29)21-25,26(10-2)15-11-23(3)4)27-16-12-24(5)13-17-27/h10-22H,3,9H2,1-2,4-8H3/b15-11-,26-10+. The highest BCUT2D eigenvalue weighted by atomic mass is 14.5. The van der Waals surface area contributed by atoms with Crippen molar-refractivity contribution in [2.24, 2.45) is 0 Å². The number of benzene rings is 3. The third-order valence-electron chi connectivity index (χ3n) is 7.25. The SMILES string of the molecule is C=C(C)/C=C\C(=C/C)C1(c2ccc(C)cc2)c2cc(CC)ccc2-c2ccc(C(C)(C)C)cc21. The minimum atomic E-state index is -0.370. The van der Waals surface area contributed by atoms with Crippen LogP contribution in [0.4, 0.5) is 0 Å². The van der Waals surface area contributed by atoms with Gasteiger partial charge in [-0.15, -0.1) is 0 Å². The number of allylic oxidation sites excluding steroid dienone is 5. The molecule has 1 atom stereocenters. The second kappa shape index (κ2) is 8.91. The van der Waals surface area contributed by atoms with Gasteiger partial charge in [0.15, 0.2) is 0 Å². The molecule has 0 amide bonds. The van der Waals surface area contributed by atoms with E-state index in [0.29, 0.717) is 0 Å². The van der Waals surface area contributed by atoms with Crippen molar-refractivity contribution >= 4 is 0 Å². The molecule has 174 valence electrons. The molecular weight excluding hydrogens is 408 g/mol. The highest BCUT2D eigenvalue weighted by Gasteiger charge is 2.47. The van der Waals surface area contributed by atoms with E-state index in [4.69, 9.17) is 0 Å². The first-order valence-electron chi connectivity index (χ1n) is 12.5. The molecular formula is C34H38. The van der Waals surface area contributed by atoms with Gasteiger partial charge in [-0.1, -0.05) is 124 Å². The van der Waals surface area contributed by atoms with Gasteiger partial charge in [0, 0.05) is 0 Å². The van der Waals surface area contributed by atoms with E-state index in [0.717, 1.165) is 12.0 Å². The van der Waals surface area contributed by atoms with Crippen LogP contribution in [0, 0.1) is 6.92 Å². The Hall–Kier alpha value is -3.12. The first kappa shape index (κ1) is 24.0. The van der Waals surface area contributed by atoms with E-state index in [-0.39, 0.29) is 10.8 Å². The summed E-state index contributed by atoms with van der Waals surface area (Å²) in [4.78, 5) is 0. The maximum atomic E-state index is 4.14. The lowest BCUT2D eigenvalue weighted by Gasteiger charge is -2.36. The molecule has 0 aliphatic heterocycles. The first-order valence-corrected chi connectivity index (χ1v) is 12.5. The first-order chi connectivity index (χ1) is 16.1. The van der Waals surface area contributed by atoms with Crippen LogP contribution in [0.3, 0.4) is 0 Å². The Bertz CT molecular complexity index is 1290. The van der Waals surface area contributed by atoms with Crippen molar-refractivity contribution in [2.75, 3.05) is 0 Å². The van der Waals surface area contributed by atoms with Crippen molar-refractivity contribution in [1.82, 2.24) is 0 Å². The van der Waals surface area contributed by atoms with E-state index in [1.165, 1.54) is 50.1 Å². The quantitative estimate of drug-likeness (QED) is 0.343.